The summed E-state index contributed by atoms with van der Waals surface area (Å²) in [5.41, 5.74) is 0.662. The fraction of sp³-hybridized carbons (Fsp3) is 0.571. The number of morpholine rings is 1. The Morgan fingerprint density at radius 3 is 2.90 bits per heavy atom. The van der Waals surface area contributed by atoms with E-state index < -0.39 is 9.84 Å². The van der Waals surface area contributed by atoms with Gasteiger partial charge in [-0.1, -0.05) is 19.1 Å². The summed E-state index contributed by atoms with van der Waals surface area (Å²) in [6.07, 6.45) is 0.692. The Balaban J connectivity index is 2.07. The highest BCUT2D eigenvalue weighted by molar-refractivity contribution is 7.91. The van der Waals surface area contributed by atoms with Gasteiger partial charge in [0.2, 0.25) is 0 Å². The molecule has 112 valence electrons. The normalized spacial score (nSPS) is 19.8. The van der Waals surface area contributed by atoms with Crippen LogP contribution in [0.3, 0.4) is 0 Å². The molecule has 1 heterocycles. The molecule has 1 saturated heterocycles. The SMILES string of the molecule is CCCS(=O)(=O)c1ccccc1NCC1CNCCO1. The third-order valence-electron chi connectivity index (χ3n) is 3.22. The molecule has 0 spiro atoms. The van der Waals surface area contributed by atoms with Gasteiger partial charge in [-0.3, -0.25) is 0 Å². The maximum absolute atomic E-state index is 12.2. The molecular formula is C14H22N2O3S. The smallest absolute Gasteiger partial charge is 0.180 e. The van der Waals surface area contributed by atoms with E-state index in [1.807, 2.05) is 13.0 Å². The number of hydrogen-bond acceptors (Lipinski definition) is 5. The van der Waals surface area contributed by atoms with Crippen molar-refractivity contribution in [3.8, 4) is 0 Å². The van der Waals surface area contributed by atoms with Crippen molar-refractivity contribution in [2.45, 2.75) is 24.3 Å². The van der Waals surface area contributed by atoms with E-state index in [2.05, 4.69) is 10.6 Å². The van der Waals surface area contributed by atoms with Crippen LogP contribution < -0.4 is 10.6 Å². The fourth-order valence-electron chi connectivity index (χ4n) is 2.24. The van der Waals surface area contributed by atoms with Gasteiger partial charge in [0.25, 0.3) is 0 Å². The molecule has 0 bridgehead atoms. The van der Waals surface area contributed by atoms with E-state index in [0.717, 1.165) is 13.1 Å². The van der Waals surface area contributed by atoms with Crippen LogP contribution in [0.25, 0.3) is 0 Å². The molecule has 1 fully saturated rings. The van der Waals surface area contributed by atoms with Gasteiger partial charge >= 0.3 is 0 Å². The molecule has 0 aromatic heterocycles. The zero-order chi connectivity index (χ0) is 14.4. The van der Waals surface area contributed by atoms with Gasteiger partial charge in [-0.05, 0) is 18.6 Å². The molecule has 20 heavy (non-hydrogen) atoms. The highest BCUT2D eigenvalue weighted by Gasteiger charge is 2.19. The Morgan fingerprint density at radius 1 is 1.40 bits per heavy atom. The van der Waals surface area contributed by atoms with Crippen molar-refractivity contribution in [1.82, 2.24) is 5.32 Å². The predicted molar refractivity (Wildman–Crippen MR) is 79.9 cm³/mol. The summed E-state index contributed by atoms with van der Waals surface area (Å²) in [6, 6.07) is 7.06. The average molecular weight is 298 g/mol. The van der Waals surface area contributed by atoms with E-state index in [1.165, 1.54) is 0 Å². The molecule has 1 aromatic carbocycles. The van der Waals surface area contributed by atoms with Crippen molar-refractivity contribution in [3.63, 3.8) is 0 Å². The number of rotatable bonds is 6. The van der Waals surface area contributed by atoms with Crippen LogP contribution in [0, 0.1) is 0 Å². The highest BCUT2D eigenvalue weighted by atomic mass is 32.2. The van der Waals surface area contributed by atoms with Gasteiger partial charge in [0.05, 0.1) is 29.0 Å². The summed E-state index contributed by atoms with van der Waals surface area (Å²) in [7, 11) is -3.21. The number of ether oxygens (including phenoxy) is 1. The Kier molecular flexibility index (Phi) is 5.39. The molecule has 5 nitrogen and oxygen atoms in total. The number of hydrogen-bond donors (Lipinski definition) is 2. The third kappa shape index (κ3) is 3.94. The molecule has 1 atom stereocenters. The Bertz CT molecular complexity index is 525. The fourth-order valence-corrected chi connectivity index (χ4v) is 3.76. The maximum Gasteiger partial charge on any atom is 0.180 e. The Hall–Kier alpha value is -1.11. The topological polar surface area (TPSA) is 67.4 Å². The molecule has 1 aromatic rings. The van der Waals surface area contributed by atoms with Crippen molar-refractivity contribution >= 4 is 15.5 Å². The molecule has 0 aliphatic carbocycles. The quantitative estimate of drug-likeness (QED) is 0.828. The third-order valence-corrected chi connectivity index (χ3v) is 5.19. The number of benzene rings is 1. The molecule has 1 aliphatic rings. The first-order valence-electron chi connectivity index (χ1n) is 7.01. The number of para-hydroxylation sites is 1. The first kappa shape index (κ1) is 15.3. The summed E-state index contributed by atoms with van der Waals surface area (Å²) >= 11 is 0. The van der Waals surface area contributed by atoms with Gasteiger partial charge in [0.1, 0.15) is 0 Å². The van der Waals surface area contributed by atoms with Crippen LogP contribution in [0.15, 0.2) is 29.2 Å². The van der Waals surface area contributed by atoms with Crippen molar-refractivity contribution in [2.24, 2.45) is 0 Å². The summed E-state index contributed by atoms with van der Waals surface area (Å²) in [6.45, 7) is 4.83. The Morgan fingerprint density at radius 2 is 2.20 bits per heavy atom. The lowest BCUT2D eigenvalue weighted by atomic mass is 10.2. The van der Waals surface area contributed by atoms with Crippen LogP contribution in [-0.4, -0.2) is 46.5 Å². The number of nitrogens with one attached hydrogen (secondary N) is 2. The number of anilines is 1. The van der Waals surface area contributed by atoms with Crippen LogP contribution in [0.5, 0.6) is 0 Å². The van der Waals surface area contributed by atoms with E-state index in [4.69, 9.17) is 4.74 Å². The van der Waals surface area contributed by atoms with E-state index >= 15 is 0 Å². The first-order valence-corrected chi connectivity index (χ1v) is 8.66. The molecule has 1 unspecified atom stereocenters. The van der Waals surface area contributed by atoms with Gasteiger partial charge in [-0.2, -0.15) is 0 Å². The minimum absolute atomic E-state index is 0.0747. The predicted octanol–water partition coefficient (Wildman–Crippen LogP) is 1.27. The van der Waals surface area contributed by atoms with Gasteiger partial charge in [0.15, 0.2) is 9.84 Å². The molecule has 2 rings (SSSR count). The van der Waals surface area contributed by atoms with Crippen LogP contribution in [0.1, 0.15) is 13.3 Å². The minimum atomic E-state index is -3.21. The molecule has 0 amide bonds. The largest absolute Gasteiger partial charge is 0.381 e. The molecular weight excluding hydrogens is 276 g/mol. The maximum atomic E-state index is 12.2. The zero-order valence-electron chi connectivity index (χ0n) is 11.8. The molecule has 1 aliphatic heterocycles. The summed E-state index contributed by atoms with van der Waals surface area (Å²) in [4.78, 5) is 0.380. The standard InChI is InChI=1S/C14H22N2O3S/c1-2-9-20(17,18)14-6-4-3-5-13(14)16-11-12-10-15-7-8-19-12/h3-6,12,15-16H,2,7-11H2,1H3. The average Bonchev–Trinajstić information content (AvgIpc) is 2.46. The van der Waals surface area contributed by atoms with Crippen LogP contribution in [0.2, 0.25) is 0 Å². The van der Waals surface area contributed by atoms with Crippen LogP contribution >= 0.6 is 0 Å². The van der Waals surface area contributed by atoms with Crippen molar-refractivity contribution < 1.29 is 13.2 Å². The monoisotopic (exact) mass is 298 g/mol. The zero-order valence-corrected chi connectivity index (χ0v) is 12.6. The van der Waals surface area contributed by atoms with Crippen molar-refractivity contribution in [1.29, 1.82) is 0 Å². The lowest BCUT2D eigenvalue weighted by Crippen LogP contribution is -2.42. The van der Waals surface area contributed by atoms with Crippen LogP contribution in [-0.2, 0) is 14.6 Å². The second-order valence-electron chi connectivity index (χ2n) is 4.89. The lowest BCUT2D eigenvalue weighted by Gasteiger charge is -2.24. The summed E-state index contributed by atoms with van der Waals surface area (Å²) < 4.78 is 30.0. The summed E-state index contributed by atoms with van der Waals surface area (Å²) in [5.74, 6) is 0.174. The second kappa shape index (κ2) is 7.06. The molecule has 0 radical (unpaired) electrons. The number of sulfone groups is 1. The molecule has 0 saturated carbocycles. The van der Waals surface area contributed by atoms with Gasteiger partial charge in [-0.15, -0.1) is 0 Å². The van der Waals surface area contributed by atoms with Crippen molar-refractivity contribution in [3.05, 3.63) is 24.3 Å². The van der Waals surface area contributed by atoms with E-state index in [9.17, 15) is 8.42 Å². The first-order chi connectivity index (χ1) is 9.63. The summed E-state index contributed by atoms with van der Waals surface area (Å²) in [5, 5.41) is 6.46. The van der Waals surface area contributed by atoms with Gasteiger partial charge in [0, 0.05) is 19.6 Å². The minimum Gasteiger partial charge on any atom is -0.381 e. The van der Waals surface area contributed by atoms with Crippen LogP contribution in [0.4, 0.5) is 5.69 Å². The lowest BCUT2D eigenvalue weighted by molar-refractivity contribution is 0.0372. The van der Waals surface area contributed by atoms with Gasteiger partial charge < -0.3 is 15.4 Å². The second-order valence-corrected chi connectivity index (χ2v) is 6.97. The van der Waals surface area contributed by atoms with E-state index in [1.54, 1.807) is 18.2 Å². The molecule has 2 N–H and O–H groups in total. The van der Waals surface area contributed by atoms with E-state index in [0.29, 0.717) is 30.2 Å². The highest BCUT2D eigenvalue weighted by Crippen LogP contribution is 2.22. The Labute approximate surface area is 120 Å². The van der Waals surface area contributed by atoms with E-state index in [-0.39, 0.29) is 11.9 Å². The van der Waals surface area contributed by atoms with Gasteiger partial charge in [-0.25, -0.2) is 8.42 Å². The van der Waals surface area contributed by atoms with Crippen molar-refractivity contribution in [2.75, 3.05) is 37.3 Å². The molecule has 6 heteroatoms.